The number of aromatic nitrogens is 2. The van der Waals surface area contributed by atoms with E-state index in [1.54, 1.807) is 24.4 Å². The molecule has 37 heavy (non-hydrogen) atoms. The lowest BCUT2D eigenvalue weighted by molar-refractivity contribution is -0.722. The number of aliphatic carboxylic acids is 2. The van der Waals surface area contributed by atoms with E-state index in [1.165, 1.54) is 40.6 Å². The van der Waals surface area contributed by atoms with Crippen molar-refractivity contribution in [3.8, 4) is 0 Å². The lowest BCUT2D eigenvalue weighted by atomic mass is 9.94. The van der Waals surface area contributed by atoms with Crippen LogP contribution in [0.3, 0.4) is 0 Å². The Morgan fingerprint density at radius 2 is 2.22 bits per heavy atom. The van der Waals surface area contributed by atoms with Crippen molar-refractivity contribution in [1.82, 2.24) is 15.2 Å². The Morgan fingerprint density at radius 1 is 1.43 bits per heavy atom. The molecule has 0 aromatic carbocycles. The third kappa shape index (κ3) is 5.55. The first kappa shape index (κ1) is 26.4. The highest BCUT2D eigenvalue weighted by Crippen LogP contribution is 2.40. The van der Waals surface area contributed by atoms with Gasteiger partial charge in [-0.3, -0.25) is 9.59 Å². The molecule has 0 spiro atoms. The molecule has 2 aliphatic heterocycles. The predicted octanol–water partition coefficient (Wildman–Crippen LogP) is -1.36. The number of pyridine rings is 1. The van der Waals surface area contributed by atoms with Crippen molar-refractivity contribution < 1.29 is 38.8 Å². The Hall–Kier alpha value is -3.63. The van der Waals surface area contributed by atoms with Gasteiger partial charge in [0.25, 0.3) is 11.8 Å². The number of nitrogens with two attached hydrogens (primary N) is 1. The van der Waals surface area contributed by atoms with Gasteiger partial charge in [0, 0.05) is 33.9 Å². The fraction of sp³-hybridized carbons (Fsp3) is 0.286. The maximum atomic E-state index is 13.0. The molecule has 2 amide bonds. The van der Waals surface area contributed by atoms with Gasteiger partial charge in [0.1, 0.15) is 18.8 Å². The molecule has 2 aromatic heterocycles. The smallest absolute Gasteiger partial charge is 0.370 e. The molecule has 0 unspecified atom stereocenters. The van der Waals surface area contributed by atoms with Crippen LogP contribution in [0.1, 0.15) is 5.69 Å². The van der Waals surface area contributed by atoms with Crippen LogP contribution in [0.15, 0.2) is 50.6 Å². The Labute approximate surface area is 222 Å². The zero-order valence-corrected chi connectivity index (χ0v) is 21.6. The molecule has 4 rings (SSSR count). The minimum absolute atomic E-state index is 0.171. The van der Waals surface area contributed by atoms with E-state index >= 15 is 0 Å². The number of carboxylic acid groups (broad SMARTS) is 2. The van der Waals surface area contributed by atoms with E-state index in [0.717, 1.165) is 16.2 Å². The summed E-state index contributed by atoms with van der Waals surface area (Å²) in [6.07, 6.45) is 1.61. The minimum atomic E-state index is -1.52. The van der Waals surface area contributed by atoms with Crippen LogP contribution in [0.25, 0.3) is 0 Å². The molecular weight excluding hydrogens is 544 g/mol. The normalized spacial score (nSPS) is 19.2. The largest absolute Gasteiger partial charge is 0.543 e. The molecule has 1 saturated heterocycles. The molecule has 16 heteroatoms. The van der Waals surface area contributed by atoms with Crippen LogP contribution in [-0.2, 0) is 30.6 Å². The summed E-state index contributed by atoms with van der Waals surface area (Å²) in [7, 11) is 1.26. The van der Waals surface area contributed by atoms with E-state index in [2.05, 4.69) is 15.5 Å². The summed E-state index contributed by atoms with van der Waals surface area (Å²) in [4.78, 5) is 59.2. The quantitative estimate of drug-likeness (QED) is 0.102. The summed E-state index contributed by atoms with van der Waals surface area (Å²) in [6, 6.07) is 3.57. The van der Waals surface area contributed by atoms with E-state index in [1.807, 2.05) is 0 Å². The van der Waals surface area contributed by atoms with Crippen LogP contribution in [-0.4, -0.2) is 75.2 Å². The van der Waals surface area contributed by atoms with Gasteiger partial charge < -0.3 is 35.8 Å². The number of thioether (sulfide) groups is 2. The zero-order chi connectivity index (χ0) is 26.7. The standard InChI is InChI=1S/C21H20N6O7S3/c1-34-25-15(10-7-37-21(22)23-10)18(30)24-16-11-8-35-12(17(20(32)33)27(11)19(16)31)9-36-13-4-2-3-5-26(13)6-14(28)29/h2-5,7,11,16H,6,8-9H2,1H3,(H4-,22,23,24,28,29,30,32,33)/b25-15-/t11-,16+/m1/s1. The Bertz CT molecular complexity index is 1330. The van der Waals surface area contributed by atoms with E-state index < -0.39 is 35.8 Å². The van der Waals surface area contributed by atoms with Gasteiger partial charge in [-0.2, -0.15) is 4.57 Å². The van der Waals surface area contributed by atoms with Crippen molar-refractivity contribution in [2.24, 2.45) is 5.16 Å². The Kier molecular flexibility index (Phi) is 7.99. The molecule has 0 aliphatic carbocycles. The second kappa shape index (κ2) is 11.2. The Balaban J connectivity index is 1.49. The molecule has 13 nitrogen and oxygen atoms in total. The highest BCUT2D eigenvalue weighted by atomic mass is 32.2. The number of rotatable bonds is 10. The summed E-state index contributed by atoms with van der Waals surface area (Å²) >= 11 is 3.58. The molecule has 0 radical (unpaired) electrons. The van der Waals surface area contributed by atoms with Crippen LogP contribution in [0.2, 0.25) is 0 Å². The Morgan fingerprint density at radius 3 is 2.86 bits per heavy atom. The number of anilines is 1. The summed E-state index contributed by atoms with van der Waals surface area (Å²) < 4.78 is 1.53. The number of nitrogens with zero attached hydrogens (tertiary/aromatic N) is 4. The maximum Gasteiger partial charge on any atom is 0.370 e. The van der Waals surface area contributed by atoms with E-state index in [4.69, 9.17) is 15.7 Å². The van der Waals surface area contributed by atoms with E-state index in [0.29, 0.717) is 15.7 Å². The number of hydrogen-bond donors (Lipinski definition) is 3. The summed E-state index contributed by atoms with van der Waals surface area (Å²) in [5.41, 5.74) is 5.38. The number of β-lactam (4-membered cyclic amide) rings is 1. The average Bonchev–Trinajstić information content (AvgIpc) is 3.29. The van der Waals surface area contributed by atoms with Crippen molar-refractivity contribution in [3.63, 3.8) is 0 Å². The first-order valence-corrected chi connectivity index (χ1v) is 13.4. The minimum Gasteiger partial charge on any atom is -0.543 e. The van der Waals surface area contributed by atoms with E-state index in [9.17, 15) is 24.3 Å². The number of amides is 2. The van der Waals surface area contributed by atoms with Gasteiger partial charge in [-0.25, -0.2) is 9.78 Å². The van der Waals surface area contributed by atoms with Crippen molar-refractivity contribution in [1.29, 1.82) is 0 Å². The third-order valence-electron chi connectivity index (χ3n) is 5.35. The number of thiazole rings is 1. The predicted molar refractivity (Wildman–Crippen MR) is 132 cm³/mol. The molecular formula is C21H20N6O7S3. The van der Waals surface area contributed by atoms with Gasteiger partial charge in [0.15, 0.2) is 17.0 Å². The van der Waals surface area contributed by atoms with Gasteiger partial charge in [-0.05, 0) is 6.07 Å². The van der Waals surface area contributed by atoms with Crippen LogP contribution in [0.5, 0.6) is 0 Å². The van der Waals surface area contributed by atoms with Crippen LogP contribution in [0, 0.1) is 0 Å². The van der Waals surface area contributed by atoms with Crippen LogP contribution < -0.4 is 20.7 Å². The topological polar surface area (TPSA) is 191 Å². The number of carbonyl (C=O) groups excluding carboxylic acids is 3. The van der Waals surface area contributed by atoms with E-state index in [-0.39, 0.29) is 34.5 Å². The number of oxime groups is 1. The van der Waals surface area contributed by atoms with Gasteiger partial charge in [0.2, 0.25) is 11.6 Å². The highest BCUT2D eigenvalue weighted by Gasteiger charge is 2.52. The lowest BCUT2D eigenvalue weighted by Crippen LogP contribution is -2.73. The highest BCUT2D eigenvalue weighted by molar-refractivity contribution is 8.06. The summed E-state index contributed by atoms with van der Waals surface area (Å²) in [6.45, 7) is -0.251. The number of nitrogen functional groups attached to an aromatic ring is 1. The molecule has 1 fully saturated rings. The monoisotopic (exact) mass is 564 g/mol. The van der Waals surface area contributed by atoms with Crippen LogP contribution in [0.4, 0.5) is 5.13 Å². The van der Waals surface area contributed by atoms with Crippen molar-refractivity contribution in [2.75, 3.05) is 24.3 Å². The zero-order valence-electron chi connectivity index (χ0n) is 19.2. The number of hydrogen-bond acceptors (Lipinski definition) is 12. The molecule has 0 bridgehead atoms. The molecule has 4 N–H and O–H groups in total. The van der Waals surface area contributed by atoms with Crippen molar-refractivity contribution >= 4 is 69.5 Å². The molecule has 194 valence electrons. The van der Waals surface area contributed by atoms with Gasteiger partial charge in [-0.15, -0.1) is 23.1 Å². The maximum absolute atomic E-state index is 13.0. The molecule has 2 aromatic rings. The average molecular weight is 565 g/mol. The second-order valence-corrected chi connectivity index (χ2v) is 10.6. The van der Waals surface area contributed by atoms with Gasteiger partial charge in [0.05, 0.1) is 17.7 Å². The molecule has 0 saturated carbocycles. The molecule has 2 aliphatic rings. The SMILES string of the molecule is CO/N=C(\C(=O)N[C@@H]1C(=O)N2C(C(=O)[O-])=C(CSc3cccc[n+]3CC(=O)O)SC[C@H]12)c1csc(N)n1. The number of fused-ring (bicyclic) bond motifs is 1. The number of nitrogens with one attached hydrogen (secondary N) is 1. The first-order valence-electron chi connectivity index (χ1n) is 10.6. The molecule has 4 heterocycles. The fourth-order valence-corrected chi connectivity index (χ4v) is 6.74. The first-order chi connectivity index (χ1) is 17.7. The number of carboxylic acids is 2. The third-order valence-corrected chi connectivity index (χ3v) is 8.50. The summed E-state index contributed by atoms with van der Waals surface area (Å²) in [5, 5.41) is 29.8. The lowest BCUT2D eigenvalue weighted by Gasteiger charge is -2.51. The second-order valence-electron chi connectivity index (χ2n) is 7.64. The van der Waals surface area contributed by atoms with Gasteiger partial charge >= 0.3 is 5.97 Å². The van der Waals surface area contributed by atoms with Crippen molar-refractivity contribution in [3.05, 3.63) is 46.1 Å². The summed E-state index contributed by atoms with van der Waals surface area (Å²) in [5.74, 6) is -3.34. The number of carbonyl (C=O) groups is 4. The van der Waals surface area contributed by atoms with Crippen LogP contribution >= 0.6 is 34.9 Å². The fourth-order valence-electron chi connectivity index (χ4n) is 3.77. The van der Waals surface area contributed by atoms with Crippen molar-refractivity contribution in [2.45, 2.75) is 23.7 Å². The molecule has 2 atom stereocenters. The van der Waals surface area contributed by atoms with Gasteiger partial charge in [-0.1, -0.05) is 16.9 Å².